The molecule has 0 aliphatic heterocycles. The summed E-state index contributed by atoms with van der Waals surface area (Å²) in [7, 11) is 0. The Balaban J connectivity index is 2.06. The maximum absolute atomic E-state index is 12.7. The number of nitrogens with one attached hydrogen (secondary N) is 1. The maximum atomic E-state index is 12.7. The number of halogens is 3. The topological polar surface area (TPSA) is 35.5 Å². The Morgan fingerprint density at radius 1 is 1.15 bits per heavy atom. The van der Waals surface area contributed by atoms with Crippen molar-refractivity contribution in [3.8, 4) is 0 Å². The molecule has 20 heavy (non-hydrogen) atoms. The molecule has 2 N–H and O–H groups in total. The first kappa shape index (κ1) is 16.0. The Morgan fingerprint density at radius 2 is 1.75 bits per heavy atom. The highest BCUT2D eigenvalue weighted by Gasteiger charge is 2.49. The number of aliphatic hydroxyl groups excluding tert-OH is 1. The van der Waals surface area contributed by atoms with Gasteiger partial charge in [-0.1, -0.05) is 0 Å². The van der Waals surface area contributed by atoms with Crippen molar-refractivity contribution in [2.75, 3.05) is 19.7 Å². The molecule has 2 rings (SSSR count). The number of aliphatic hydroxyl groups is 1. The molecule has 2 aliphatic rings. The molecule has 2 saturated carbocycles. The average molecular weight is 294 g/mol. The van der Waals surface area contributed by atoms with Gasteiger partial charge in [0.25, 0.3) is 0 Å². The van der Waals surface area contributed by atoms with E-state index in [1.54, 1.807) is 13.8 Å². The fraction of sp³-hybridized carbons (Fsp3) is 1.00. The highest BCUT2D eigenvalue weighted by Crippen LogP contribution is 2.42. The third-order valence-electron chi connectivity index (χ3n) is 4.31. The van der Waals surface area contributed by atoms with Crippen molar-refractivity contribution < 1.29 is 18.3 Å². The van der Waals surface area contributed by atoms with E-state index in [1.165, 1.54) is 4.90 Å². The minimum Gasteiger partial charge on any atom is -0.394 e. The van der Waals surface area contributed by atoms with Gasteiger partial charge in [-0.2, -0.15) is 13.2 Å². The molecule has 0 saturated heterocycles. The molecule has 6 heteroatoms. The summed E-state index contributed by atoms with van der Waals surface area (Å²) in [4.78, 5) is 1.43. The van der Waals surface area contributed by atoms with E-state index in [0.717, 1.165) is 25.7 Å². The Hall–Kier alpha value is -0.330. The standard InChI is InChI=1S/C14H25F3N2O/c1-10(2)19(8-14(15,16)17)7-13(9-20,11-3-4-11)18-12-5-6-12/h10-12,18,20H,3-9H2,1-2H3. The van der Waals surface area contributed by atoms with E-state index in [1.807, 2.05) is 0 Å². The summed E-state index contributed by atoms with van der Waals surface area (Å²) < 4.78 is 38.1. The minimum atomic E-state index is -4.20. The summed E-state index contributed by atoms with van der Waals surface area (Å²) in [5.74, 6) is 0.308. The Kier molecular flexibility index (Phi) is 4.66. The molecule has 0 bridgehead atoms. The highest BCUT2D eigenvalue weighted by molar-refractivity contribution is 5.06. The lowest BCUT2D eigenvalue weighted by Gasteiger charge is -2.40. The van der Waals surface area contributed by atoms with Gasteiger partial charge in [0.15, 0.2) is 0 Å². The molecule has 3 nitrogen and oxygen atoms in total. The van der Waals surface area contributed by atoms with E-state index in [2.05, 4.69) is 5.32 Å². The number of hydrogen-bond acceptors (Lipinski definition) is 3. The Labute approximate surface area is 118 Å². The molecule has 1 unspecified atom stereocenters. The fourth-order valence-electron chi connectivity index (χ4n) is 2.80. The summed E-state index contributed by atoms with van der Waals surface area (Å²) in [5, 5.41) is 13.3. The smallest absolute Gasteiger partial charge is 0.394 e. The van der Waals surface area contributed by atoms with E-state index in [0.29, 0.717) is 12.0 Å². The second kappa shape index (κ2) is 5.81. The zero-order valence-electron chi connectivity index (χ0n) is 12.2. The lowest BCUT2D eigenvalue weighted by molar-refractivity contribution is -0.153. The Bertz CT molecular complexity index is 327. The molecule has 2 fully saturated rings. The first-order chi connectivity index (χ1) is 9.26. The molecule has 0 heterocycles. The number of alkyl halides is 3. The van der Waals surface area contributed by atoms with Crippen molar-refractivity contribution in [2.45, 2.75) is 63.3 Å². The van der Waals surface area contributed by atoms with Crippen LogP contribution in [-0.2, 0) is 0 Å². The number of hydrogen-bond donors (Lipinski definition) is 2. The van der Waals surface area contributed by atoms with E-state index >= 15 is 0 Å². The van der Waals surface area contributed by atoms with Crippen LogP contribution in [0.2, 0.25) is 0 Å². The van der Waals surface area contributed by atoms with Crippen LogP contribution in [0, 0.1) is 5.92 Å². The normalized spacial score (nSPS) is 23.4. The molecule has 0 spiro atoms. The quantitative estimate of drug-likeness (QED) is 0.720. The summed E-state index contributed by atoms with van der Waals surface area (Å²) in [5.41, 5.74) is -0.559. The van der Waals surface area contributed by atoms with Gasteiger partial charge in [0.05, 0.1) is 18.7 Å². The van der Waals surface area contributed by atoms with Gasteiger partial charge in [-0.15, -0.1) is 0 Å². The van der Waals surface area contributed by atoms with E-state index < -0.39 is 18.3 Å². The molecule has 2 aliphatic carbocycles. The van der Waals surface area contributed by atoms with Gasteiger partial charge in [-0.25, -0.2) is 0 Å². The Morgan fingerprint density at radius 3 is 2.10 bits per heavy atom. The van der Waals surface area contributed by atoms with Gasteiger partial charge < -0.3 is 10.4 Å². The van der Waals surface area contributed by atoms with Gasteiger partial charge >= 0.3 is 6.18 Å². The number of rotatable bonds is 8. The third kappa shape index (κ3) is 4.33. The van der Waals surface area contributed by atoms with Gasteiger partial charge in [0.2, 0.25) is 0 Å². The molecular formula is C14H25F3N2O. The van der Waals surface area contributed by atoms with Crippen LogP contribution in [0.15, 0.2) is 0 Å². The summed E-state index contributed by atoms with van der Waals surface area (Å²) >= 11 is 0. The fourth-order valence-corrected chi connectivity index (χ4v) is 2.80. The predicted octanol–water partition coefficient (Wildman–Crippen LogP) is 2.15. The minimum absolute atomic E-state index is 0.0881. The van der Waals surface area contributed by atoms with Crippen LogP contribution in [-0.4, -0.2) is 53.5 Å². The third-order valence-corrected chi connectivity index (χ3v) is 4.31. The first-order valence-corrected chi connectivity index (χ1v) is 7.45. The van der Waals surface area contributed by atoms with Gasteiger partial charge in [-0.3, -0.25) is 4.90 Å². The molecule has 0 amide bonds. The lowest BCUT2D eigenvalue weighted by atomic mass is 9.92. The molecule has 0 aromatic carbocycles. The molecular weight excluding hydrogens is 269 g/mol. The van der Waals surface area contributed by atoms with Crippen molar-refractivity contribution >= 4 is 0 Å². The van der Waals surface area contributed by atoms with Gasteiger partial charge in [-0.05, 0) is 45.4 Å². The van der Waals surface area contributed by atoms with E-state index in [4.69, 9.17) is 0 Å². The van der Waals surface area contributed by atoms with Gasteiger partial charge in [0, 0.05) is 18.6 Å². The maximum Gasteiger partial charge on any atom is 0.401 e. The van der Waals surface area contributed by atoms with Crippen LogP contribution in [0.3, 0.4) is 0 Å². The monoisotopic (exact) mass is 294 g/mol. The first-order valence-electron chi connectivity index (χ1n) is 7.45. The summed E-state index contributed by atoms with van der Waals surface area (Å²) in [6.07, 6.45) is -0.0735. The van der Waals surface area contributed by atoms with Crippen LogP contribution < -0.4 is 5.32 Å². The van der Waals surface area contributed by atoms with Crippen LogP contribution in [0.25, 0.3) is 0 Å². The van der Waals surface area contributed by atoms with Crippen LogP contribution in [0.1, 0.15) is 39.5 Å². The summed E-state index contributed by atoms with van der Waals surface area (Å²) in [6, 6.07) is 0.185. The van der Waals surface area contributed by atoms with Crippen molar-refractivity contribution in [2.24, 2.45) is 5.92 Å². The lowest BCUT2D eigenvalue weighted by Crippen LogP contribution is -2.60. The molecule has 1 atom stereocenters. The molecule has 0 radical (unpaired) electrons. The highest BCUT2D eigenvalue weighted by atomic mass is 19.4. The number of nitrogens with zero attached hydrogens (tertiary/aromatic N) is 1. The molecule has 118 valence electrons. The van der Waals surface area contributed by atoms with Crippen LogP contribution >= 0.6 is 0 Å². The van der Waals surface area contributed by atoms with Crippen LogP contribution in [0.5, 0.6) is 0 Å². The van der Waals surface area contributed by atoms with Crippen molar-refractivity contribution in [3.63, 3.8) is 0 Å². The van der Waals surface area contributed by atoms with E-state index in [9.17, 15) is 18.3 Å². The van der Waals surface area contributed by atoms with Crippen LogP contribution in [0.4, 0.5) is 13.2 Å². The molecule has 0 aromatic heterocycles. The van der Waals surface area contributed by atoms with Crippen molar-refractivity contribution in [1.82, 2.24) is 10.2 Å². The largest absolute Gasteiger partial charge is 0.401 e. The summed E-state index contributed by atoms with van der Waals surface area (Å²) in [6.45, 7) is 2.82. The second-order valence-corrected chi connectivity index (χ2v) is 6.62. The predicted molar refractivity (Wildman–Crippen MR) is 71.5 cm³/mol. The SMILES string of the molecule is CC(C)N(CC(F)(F)F)CC(CO)(NC1CC1)C1CC1. The zero-order valence-corrected chi connectivity index (χ0v) is 12.2. The van der Waals surface area contributed by atoms with Gasteiger partial charge in [0.1, 0.15) is 0 Å². The van der Waals surface area contributed by atoms with Crippen molar-refractivity contribution in [1.29, 1.82) is 0 Å². The van der Waals surface area contributed by atoms with Crippen molar-refractivity contribution in [3.05, 3.63) is 0 Å². The zero-order chi connectivity index (χ0) is 15.0. The van der Waals surface area contributed by atoms with E-state index in [-0.39, 0.29) is 19.2 Å². The molecule has 0 aromatic rings. The average Bonchev–Trinajstić information content (AvgIpc) is 3.17. The second-order valence-electron chi connectivity index (χ2n) is 6.62.